The Morgan fingerprint density at radius 2 is 2.29 bits per heavy atom. The predicted octanol–water partition coefficient (Wildman–Crippen LogP) is 1.58. The van der Waals surface area contributed by atoms with Gasteiger partial charge >= 0.3 is 5.97 Å². The first-order valence-corrected chi connectivity index (χ1v) is 3.64. The number of hydrogen-bond donors (Lipinski definition) is 0. The van der Waals surface area contributed by atoms with Crippen LogP contribution in [0.25, 0.3) is 0 Å². The Kier molecular flexibility index (Phi) is 3.09. The molecule has 14 heavy (non-hydrogen) atoms. The van der Waals surface area contributed by atoms with Gasteiger partial charge in [-0.2, -0.15) is 4.99 Å². The van der Waals surface area contributed by atoms with E-state index in [4.69, 9.17) is 0 Å². The SMILES string of the molecule is COC(=O)c1cc(N=C=O)ccc1F. The number of rotatable bonds is 2. The zero-order valence-corrected chi connectivity index (χ0v) is 7.28. The summed E-state index contributed by atoms with van der Waals surface area (Å²) in [5.74, 6) is -1.54. The quantitative estimate of drug-likeness (QED) is 0.409. The van der Waals surface area contributed by atoms with E-state index in [9.17, 15) is 14.0 Å². The van der Waals surface area contributed by atoms with E-state index in [1.807, 2.05) is 0 Å². The van der Waals surface area contributed by atoms with E-state index < -0.39 is 11.8 Å². The van der Waals surface area contributed by atoms with Gasteiger partial charge in [-0.15, -0.1) is 0 Å². The maximum absolute atomic E-state index is 13.0. The van der Waals surface area contributed by atoms with Gasteiger partial charge in [0, 0.05) is 0 Å². The Labute approximate surface area is 79.0 Å². The van der Waals surface area contributed by atoms with Gasteiger partial charge in [0.15, 0.2) is 0 Å². The molecule has 0 radical (unpaired) electrons. The number of esters is 1. The van der Waals surface area contributed by atoms with Gasteiger partial charge < -0.3 is 4.74 Å². The Morgan fingerprint density at radius 3 is 2.86 bits per heavy atom. The summed E-state index contributed by atoms with van der Waals surface area (Å²) in [4.78, 5) is 24.1. The molecule has 0 heterocycles. The number of ether oxygens (including phenoxy) is 1. The molecule has 72 valence electrons. The molecule has 0 bridgehead atoms. The third-order valence-corrected chi connectivity index (χ3v) is 1.53. The van der Waals surface area contributed by atoms with Crippen LogP contribution in [-0.2, 0) is 9.53 Å². The molecule has 4 nitrogen and oxygen atoms in total. The molecular weight excluding hydrogens is 189 g/mol. The van der Waals surface area contributed by atoms with Gasteiger partial charge in [0.1, 0.15) is 5.82 Å². The summed E-state index contributed by atoms with van der Waals surface area (Å²) in [6, 6.07) is 3.40. The zero-order valence-electron chi connectivity index (χ0n) is 7.28. The first-order valence-electron chi connectivity index (χ1n) is 3.64. The van der Waals surface area contributed by atoms with Crippen LogP contribution >= 0.6 is 0 Å². The summed E-state index contributed by atoms with van der Waals surface area (Å²) < 4.78 is 17.3. The maximum atomic E-state index is 13.0. The van der Waals surface area contributed by atoms with Crippen LogP contribution in [0.3, 0.4) is 0 Å². The predicted molar refractivity (Wildman–Crippen MR) is 45.5 cm³/mol. The average Bonchev–Trinajstić information content (AvgIpc) is 2.20. The van der Waals surface area contributed by atoms with Crippen molar-refractivity contribution in [3.63, 3.8) is 0 Å². The van der Waals surface area contributed by atoms with Crippen molar-refractivity contribution in [3.8, 4) is 0 Å². The minimum atomic E-state index is -0.814. The van der Waals surface area contributed by atoms with Crippen LogP contribution in [-0.4, -0.2) is 19.2 Å². The summed E-state index contributed by atoms with van der Waals surface area (Å²) in [5.41, 5.74) is -0.106. The summed E-state index contributed by atoms with van der Waals surface area (Å²) in [7, 11) is 1.14. The standard InChI is InChI=1S/C9H6FNO3/c1-14-9(13)7-4-6(11-5-12)2-3-8(7)10/h2-4H,1H3. The lowest BCUT2D eigenvalue weighted by Gasteiger charge is -2.00. The van der Waals surface area contributed by atoms with Crippen LogP contribution in [0, 0.1) is 5.82 Å². The van der Waals surface area contributed by atoms with Crippen molar-refractivity contribution < 1.29 is 18.7 Å². The van der Waals surface area contributed by atoms with Gasteiger partial charge in [-0.3, -0.25) is 0 Å². The van der Waals surface area contributed by atoms with Crippen molar-refractivity contribution in [2.75, 3.05) is 7.11 Å². The lowest BCUT2D eigenvalue weighted by molar-refractivity contribution is 0.0595. The molecule has 0 aliphatic heterocycles. The van der Waals surface area contributed by atoms with Crippen molar-refractivity contribution in [1.29, 1.82) is 0 Å². The molecule has 1 aromatic rings. The van der Waals surface area contributed by atoms with E-state index in [0.717, 1.165) is 19.2 Å². The highest BCUT2D eigenvalue weighted by molar-refractivity contribution is 5.90. The van der Waals surface area contributed by atoms with Crippen LogP contribution in [0.4, 0.5) is 10.1 Å². The minimum Gasteiger partial charge on any atom is -0.465 e. The molecule has 5 heteroatoms. The number of nitrogens with zero attached hydrogens (tertiary/aromatic N) is 1. The van der Waals surface area contributed by atoms with Crippen LogP contribution in [0.15, 0.2) is 23.2 Å². The Balaban J connectivity index is 3.20. The largest absolute Gasteiger partial charge is 0.465 e. The fourth-order valence-electron chi connectivity index (χ4n) is 0.902. The highest BCUT2D eigenvalue weighted by Gasteiger charge is 2.12. The summed E-state index contributed by atoms with van der Waals surface area (Å²) >= 11 is 0. The van der Waals surface area contributed by atoms with Crippen molar-refractivity contribution in [2.24, 2.45) is 4.99 Å². The number of methoxy groups -OCH3 is 1. The van der Waals surface area contributed by atoms with Crippen molar-refractivity contribution in [2.45, 2.75) is 0 Å². The van der Waals surface area contributed by atoms with Crippen molar-refractivity contribution >= 4 is 17.7 Å². The second-order valence-electron chi connectivity index (χ2n) is 2.36. The van der Waals surface area contributed by atoms with Crippen LogP contribution in [0.2, 0.25) is 0 Å². The highest BCUT2D eigenvalue weighted by Crippen LogP contribution is 2.17. The molecule has 0 saturated heterocycles. The third-order valence-electron chi connectivity index (χ3n) is 1.53. The summed E-state index contributed by atoms with van der Waals surface area (Å²) in [5, 5.41) is 0. The monoisotopic (exact) mass is 195 g/mol. The molecular formula is C9H6FNO3. The zero-order chi connectivity index (χ0) is 10.6. The lowest BCUT2D eigenvalue weighted by atomic mass is 10.2. The van der Waals surface area contributed by atoms with E-state index in [-0.39, 0.29) is 11.3 Å². The van der Waals surface area contributed by atoms with E-state index in [0.29, 0.717) is 0 Å². The fourth-order valence-corrected chi connectivity index (χ4v) is 0.902. The Morgan fingerprint density at radius 1 is 1.57 bits per heavy atom. The van der Waals surface area contributed by atoms with Crippen molar-refractivity contribution in [3.05, 3.63) is 29.6 Å². The van der Waals surface area contributed by atoms with Gasteiger partial charge in [0.25, 0.3) is 0 Å². The molecule has 1 rings (SSSR count). The summed E-state index contributed by atoms with van der Waals surface area (Å²) in [6.45, 7) is 0. The molecule has 0 aliphatic carbocycles. The topological polar surface area (TPSA) is 55.7 Å². The number of carbonyl (C=O) groups excluding carboxylic acids is 2. The van der Waals surface area contributed by atoms with Gasteiger partial charge in [-0.25, -0.2) is 14.0 Å². The third kappa shape index (κ3) is 2.02. The molecule has 0 fully saturated rings. The van der Waals surface area contributed by atoms with Gasteiger partial charge in [0.05, 0.1) is 18.4 Å². The van der Waals surface area contributed by atoms with Crippen molar-refractivity contribution in [1.82, 2.24) is 0 Å². The molecule has 0 saturated carbocycles. The molecule has 0 aromatic heterocycles. The fraction of sp³-hybridized carbons (Fsp3) is 0.111. The highest BCUT2D eigenvalue weighted by atomic mass is 19.1. The molecule has 0 N–H and O–H groups in total. The normalized spacial score (nSPS) is 9.00. The van der Waals surface area contributed by atoms with E-state index in [1.165, 1.54) is 12.1 Å². The second-order valence-corrected chi connectivity index (χ2v) is 2.36. The van der Waals surface area contributed by atoms with Gasteiger partial charge in [-0.05, 0) is 18.2 Å². The van der Waals surface area contributed by atoms with Crippen LogP contribution < -0.4 is 0 Å². The number of aliphatic imine (C=N–C) groups is 1. The smallest absolute Gasteiger partial charge is 0.340 e. The number of hydrogen-bond acceptors (Lipinski definition) is 4. The molecule has 0 unspecified atom stereocenters. The molecule has 1 aromatic carbocycles. The Bertz CT molecular complexity index is 411. The number of carbonyl (C=O) groups is 1. The second kappa shape index (κ2) is 4.30. The van der Waals surface area contributed by atoms with Gasteiger partial charge in [-0.1, -0.05) is 0 Å². The van der Waals surface area contributed by atoms with E-state index >= 15 is 0 Å². The lowest BCUT2D eigenvalue weighted by Crippen LogP contribution is -2.03. The summed E-state index contributed by atoms with van der Waals surface area (Å²) in [6.07, 6.45) is 1.29. The number of isocyanates is 1. The first-order chi connectivity index (χ1) is 6.69. The van der Waals surface area contributed by atoms with Crippen LogP contribution in [0.1, 0.15) is 10.4 Å². The number of benzene rings is 1. The number of halogens is 1. The minimum absolute atomic E-state index is 0.154. The van der Waals surface area contributed by atoms with E-state index in [1.54, 1.807) is 0 Å². The molecule has 0 atom stereocenters. The Hall–Kier alpha value is -2.00. The average molecular weight is 195 g/mol. The first kappa shape index (κ1) is 10.1. The molecule has 0 amide bonds. The van der Waals surface area contributed by atoms with Crippen LogP contribution in [0.5, 0.6) is 0 Å². The molecule has 0 aliphatic rings. The maximum Gasteiger partial charge on any atom is 0.340 e. The van der Waals surface area contributed by atoms with Gasteiger partial charge in [0.2, 0.25) is 6.08 Å². The van der Waals surface area contributed by atoms with E-state index in [2.05, 4.69) is 9.73 Å². The molecule has 0 spiro atoms.